The summed E-state index contributed by atoms with van der Waals surface area (Å²) in [6.45, 7) is 0. The Bertz CT molecular complexity index is 1420. The first-order chi connectivity index (χ1) is 17.2. The van der Waals surface area contributed by atoms with Gasteiger partial charge in [-0.05, 0) is 48.5 Å². The fourth-order valence-corrected chi connectivity index (χ4v) is 3.01. The summed E-state index contributed by atoms with van der Waals surface area (Å²) in [5.74, 6) is 1.74. The lowest BCUT2D eigenvalue weighted by molar-refractivity contribution is -0.138. The van der Waals surface area contributed by atoms with E-state index in [1.165, 1.54) is 24.4 Å². The first-order valence-electron chi connectivity index (χ1n) is 10.1. The van der Waals surface area contributed by atoms with E-state index in [0.717, 1.165) is 18.2 Å². The molecular weight excluding hydrogens is 504 g/mol. The number of halogens is 6. The van der Waals surface area contributed by atoms with Crippen LogP contribution >= 0.6 is 0 Å². The third kappa shape index (κ3) is 7.07. The molecule has 3 aromatic rings. The number of nitrogens with one attached hydrogen (secondary N) is 3. The average molecular weight is 519 g/mol. The number of nitrogens with zero attached hydrogens (tertiary/aromatic N) is 1. The van der Waals surface area contributed by atoms with E-state index < -0.39 is 52.4 Å². The van der Waals surface area contributed by atoms with Gasteiger partial charge >= 0.3 is 12.4 Å². The van der Waals surface area contributed by atoms with Gasteiger partial charge in [-0.1, -0.05) is 17.9 Å². The van der Waals surface area contributed by atoms with Crippen molar-refractivity contribution < 1.29 is 35.9 Å². The molecule has 3 rings (SSSR count). The van der Waals surface area contributed by atoms with Crippen molar-refractivity contribution in [2.75, 3.05) is 5.32 Å². The van der Waals surface area contributed by atoms with Crippen LogP contribution in [0.2, 0.25) is 0 Å². The van der Waals surface area contributed by atoms with Gasteiger partial charge in [-0.15, -0.1) is 0 Å². The van der Waals surface area contributed by atoms with Crippen molar-refractivity contribution in [2.24, 2.45) is 5.73 Å². The second-order valence-corrected chi connectivity index (χ2v) is 7.34. The fraction of sp³-hybridized carbons (Fsp3) is 0.0833. The summed E-state index contributed by atoms with van der Waals surface area (Å²) in [5.41, 5.74) is 0.853. The zero-order valence-electron chi connectivity index (χ0n) is 18.4. The summed E-state index contributed by atoms with van der Waals surface area (Å²) in [5, 5.41) is 11.1. The molecule has 0 aliphatic heterocycles. The number of carbonyl (C=O) groups is 2. The predicted molar refractivity (Wildman–Crippen MR) is 120 cm³/mol. The zero-order valence-corrected chi connectivity index (χ0v) is 18.4. The first-order valence-corrected chi connectivity index (χ1v) is 10.1. The molecule has 0 aliphatic rings. The van der Waals surface area contributed by atoms with Crippen LogP contribution in [0.1, 0.15) is 43.0 Å². The number of guanidine groups is 1. The minimum Gasteiger partial charge on any atom is -0.370 e. The maximum atomic E-state index is 13.5. The van der Waals surface area contributed by atoms with E-state index in [4.69, 9.17) is 11.1 Å². The molecule has 0 saturated heterocycles. The monoisotopic (exact) mass is 519 g/mol. The Morgan fingerprint density at radius 2 is 1.57 bits per heavy atom. The van der Waals surface area contributed by atoms with Crippen LogP contribution in [-0.4, -0.2) is 22.8 Å². The van der Waals surface area contributed by atoms with Crippen LogP contribution in [0.25, 0.3) is 0 Å². The van der Waals surface area contributed by atoms with Crippen molar-refractivity contribution in [2.45, 2.75) is 12.4 Å². The number of alkyl halides is 6. The van der Waals surface area contributed by atoms with Gasteiger partial charge < -0.3 is 11.1 Å². The van der Waals surface area contributed by atoms with Gasteiger partial charge in [0, 0.05) is 22.9 Å². The van der Waals surface area contributed by atoms with Crippen LogP contribution in [0.15, 0.2) is 60.8 Å². The van der Waals surface area contributed by atoms with Crippen molar-refractivity contribution in [3.63, 3.8) is 0 Å². The number of benzene rings is 2. The maximum absolute atomic E-state index is 13.5. The van der Waals surface area contributed by atoms with Gasteiger partial charge in [0.05, 0.1) is 16.7 Å². The lowest BCUT2D eigenvalue weighted by Gasteiger charge is -2.13. The Morgan fingerprint density at radius 3 is 2.16 bits per heavy atom. The average Bonchev–Trinajstić information content (AvgIpc) is 2.81. The third-order valence-corrected chi connectivity index (χ3v) is 4.60. The van der Waals surface area contributed by atoms with E-state index in [1.54, 1.807) is 0 Å². The summed E-state index contributed by atoms with van der Waals surface area (Å²) in [7, 11) is 0. The number of amides is 2. The largest absolute Gasteiger partial charge is 0.417 e. The quantitative estimate of drug-likeness (QED) is 0.178. The van der Waals surface area contributed by atoms with Gasteiger partial charge in [-0.2, -0.15) is 26.3 Å². The van der Waals surface area contributed by atoms with Crippen LogP contribution in [-0.2, 0) is 12.4 Å². The fourth-order valence-electron chi connectivity index (χ4n) is 3.01. The maximum Gasteiger partial charge on any atom is 0.417 e. The van der Waals surface area contributed by atoms with E-state index in [1.807, 2.05) is 5.32 Å². The molecule has 2 aromatic carbocycles. The highest BCUT2D eigenvalue weighted by molar-refractivity contribution is 6.05. The van der Waals surface area contributed by atoms with E-state index in [-0.39, 0.29) is 16.9 Å². The number of nitrogens with two attached hydrogens (primary N) is 1. The van der Waals surface area contributed by atoms with E-state index in [0.29, 0.717) is 18.2 Å². The first kappa shape index (κ1) is 26.7. The number of pyridine rings is 1. The Hall–Kier alpha value is -4.86. The number of rotatable bonds is 3. The van der Waals surface area contributed by atoms with Crippen molar-refractivity contribution in [1.29, 1.82) is 5.41 Å². The van der Waals surface area contributed by atoms with Gasteiger partial charge in [0.25, 0.3) is 11.8 Å². The Kier molecular flexibility index (Phi) is 7.52. The van der Waals surface area contributed by atoms with Crippen LogP contribution in [0.4, 0.5) is 32.2 Å². The number of hydrogen-bond donors (Lipinski definition) is 4. The Morgan fingerprint density at radius 1 is 0.865 bits per heavy atom. The smallest absolute Gasteiger partial charge is 0.370 e. The molecule has 5 N–H and O–H groups in total. The van der Waals surface area contributed by atoms with E-state index in [2.05, 4.69) is 22.1 Å². The highest BCUT2D eigenvalue weighted by Gasteiger charge is 2.35. The summed E-state index contributed by atoms with van der Waals surface area (Å²) < 4.78 is 80.4. The summed E-state index contributed by atoms with van der Waals surface area (Å²) in [6, 6.07) is 8.97. The van der Waals surface area contributed by atoms with Gasteiger partial charge in [-0.25, -0.2) is 4.98 Å². The SMILES string of the molecule is N=C(N)NC(=O)c1cc(C#Cc2ccc(C(F)(F)F)c(C(=O)Nc3ccccn3)c2)cc(C(F)(F)F)c1. The van der Waals surface area contributed by atoms with Gasteiger partial charge in [-0.3, -0.25) is 20.3 Å². The highest BCUT2D eigenvalue weighted by Crippen LogP contribution is 2.33. The second-order valence-electron chi connectivity index (χ2n) is 7.34. The van der Waals surface area contributed by atoms with Crippen LogP contribution in [0, 0.1) is 17.3 Å². The molecule has 37 heavy (non-hydrogen) atoms. The van der Waals surface area contributed by atoms with Crippen molar-refractivity contribution in [3.05, 3.63) is 94.2 Å². The molecule has 0 bridgehead atoms. The second kappa shape index (κ2) is 10.4. The molecule has 0 fully saturated rings. The van der Waals surface area contributed by atoms with Crippen molar-refractivity contribution >= 4 is 23.6 Å². The molecule has 0 unspecified atom stereocenters. The lowest BCUT2D eigenvalue weighted by Crippen LogP contribution is -2.35. The topological polar surface area (TPSA) is 121 Å². The van der Waals surface area contributed by atoms with Gasteiger partial charge in [0.2, 0.25) is 0 Å². The predicted octanol–water partition coefficient (Wildman–Crippen LogP) is 4.39. The number of hydrogen-bond acceptors (Lipinski definition) is 4. The summed E-state index contributed by atoms with van der Waals surface area (Å²) in [6.07, 6.45) is -8.42. The molecule has 0 spiro atoms. The van der Waals surface area contributed by atoms with Crippen molar-refractivity contribution in [3.8, 4) is 11.8 Å². The molecule has 0 atom stereocenters. The normalized spacial score (nSPS) is 11.2. The lowest BCUT2D eigenvalue weighted by atomic mass is 10.0. The summed E-state index contributed by atoms with van der Waals surface area (Å²) in [4.78, 5) is 28.4. The highest BCUT2D eigenvalue weighted by atomic mass is 19.4. The molecule has 0 saturated carbocycles. The molecule has 0 radical (unpaired) electrons. The Labute approximate surface area is 205 Å². The molecule has 1 aromatic heterocycles. The van der Waals surface area contributed by atoms with Crippen molar-refractivity contribution in [1.82, 2.24) is 10.3 Å². The third-order valence-electron chi connectivity index (χ3n) is 4.60. The van der Waals surface area contributed by atoms with E-state index in [9.17, 15) is 35.9 Å². The Balaban J connectivity index is 2.04. The zero-order chi connectivity index (χ0) is 27.4. The molecule has 1 heterocycles. The number of carbonyl (C=O) groups excluding carboxylic acids is 2. The van der Waals surface area contributed by atoms with Gasteiger partial charge in [0.1, 0.15) is 5.82 Å². The van der Waals surface area contributed by atoms with Crippen LogP contribution < -0.4 is 16.4 Å². The van der Waals surface area contributed by atoms with Gasteiger partial charge in [0.15, 0.2) is 5.96 Å². The summed E-state index contributed by atoms with van der Waals surface area (Å²) >= 11 is 0. The molecular formula is C24H15F6N5O2. The number of aromatic nitrogens is 1. The molecule has 2 amide bonds. The molecule has 13 heteroatoms. The number of anilines is 1. The molecule has 7 nitrogen and oxygen atoms in total. The molecule has 190 valence electrons. The van der Waals surface area contributed by atoms with E-state index >= 15 is 0 Å². The minimum atomic E-state index is -4.89. The molecule has 0 aliphatic carbocycles. The standard InChI is InChI=1S/C24H15F6N5O2/c25-23(26,27)16-10-14(9-15(12-16)20(36)35-22(31)32)5-4-13-6-7-18(24(28,29)30)17(11-13)21(37)34-19-3-1-2-8-33-19/h1-3,6-12H,(H,33,34,37)(H4,31,32,35,36). The van der Waals surface area contributed by atoms with Crippen LogP contribution in [0.3, 0.4) is 0 Å². The minimum absolute atomic E-state index is 0.00237. The van der Waals surface area contributed by atoms with Crippen LogP contribution in [0.5, 0.6) is 0 Å².